The number of nitrogens with one attached hydrogen (secondary N) is 1. The van der Waals surface area contributed by atoms with Crippen molar-refractivity contribution in [3.05, 3.63) is 231 Å². The predicted molar refractivity (Wildman–Crippen MR) is 259 cm³/mol. The molecule has 61 heavy (non-hydrogen) atoms. The molecule has 0 unspecified atom stereocenters. The van der Waals surface area contributed by atoms with E-state index in [0.717, 1.165) is 39.4 Å². The number of rotatable bonds is 7. The van der Waals surface area contributed by atoms with Crippen molar-refractivity contribution in [3.63, 3.8) is 0 Å². The zero-order valence-corrected chi connectivity index (χ0v) is 33.3. The smallest absolute Gasteiger partial charge is 0.0541 e. The molecule has 12 rings (SSSR count). The summed E-state index contributed by atoms with van der Waals surface area (Å²) in [4.78, 5) is 0. The standard InChI is InChI=1S/C58H39N3/c1-3-14-39(15-4-1)40-26-31-46(32-27-40)61-56-25-12-9-21-48(56)51-37-43(29-34-57(51)61)42-28-33-54(59-53-23-13-17-41-16-7-8-20-47(41)53)50(36-42)44-30-35-58-52(38-44)49-22-10-11-24-55(49)60(58)45-18-5-2-6-19-45/h1-38,59H. The normalized spacial score (nSPS) is 11.6. The summed E-state index contributed by atoms with van der Waals surface area (Å²) < 4.78 is 4.77. The molecule has 2 aromatic heterocycles. The maximum absolute atomic E-state index is 3.89. The fourth-order valence-corrected chi connectivity index (χ4v) is 9.41. The van der Waals surface area contributed by atoms with E-state index in [1.807, 2.05) is 0 Å². The van der Waals surface area contributed by atoms with Crippen molar-refractivity contribution in [1.82, 2.24) is 9.13 Å². The van der Waals surface area contributed by atoms with Gasteiger partial charge in [0, 0.05) is 55.2 Å². The number of fused-ring (bicyclic) bond motifs is 7. The molecule has 0 atom stereocenters. The number of aromatic nitrogens is 2. The topological polar surface area (TPSA) is 21.9 Å². The zero-order chi connectivity index (χ0) is 40.3. The van der Waals surface area contributed by atoms with Crippen LogP contribution in [0, 0.1) is 0 Å². The highest BCUT2D eigenvalue weighted by molar-refractivity contribution is 6.12. The van der Waals surface area contributed by atoms with Crippen LogP contribution in [0.3, 0.4) is 0 Å². The summed E-state index contributed by atoms with van der Waals surface area (Å²) >= 11 is 0. The second-order valence-electron chi connectivity index (χ2n) is 15.8. The summed E-state index contributed by atoms with van der Waals surface area (Å²) in [6, 6.07) is 83.6. The Bertz CT molecular complexity index is 3590. The molecule has 1 N–H and O–H groups in total. The third kappa shape index (κ3) is 5.90. The lowest BCUT2D eigenvalue weighted by Crippen LogP contribution is -1.96. The van der Waals surface area contributed by atoms with Crippen molar-refractivity contribution in [1.29, 1.82) is 0 Å². The van der Waals surface area contributed by atoms with Crippen LogP contribution in [0.1, 0.15) is 0 Å². The molecule has 0 saturated heterocycles. The summed E-state index contributed by atoms with van der Waals surface area (Å²) in [6.45, 7) is 0. The fourth-order valence-electron chi connectivity index (χ4n) is 9.41. The molecule has 0 aliphatic heterocycles. The molecule has 0 saturated carbocycles. The van der Waals surface area contributed by atoms with E-state index in [2.05, 4.69) is 245 Å². The molecule has 3 heteroatoms. The van der Waals surface area contributed by atoms with Crippen LogP contribution in [-0.4, -0.2) is 9.13 Å². The van der Waals surface area contributed by atoms with E-state index in [1.54, 1.807) is 0 Å². The largest absolute Gasteiger partial charge is 0.355 e. The molecule has 0 amide bonds. The van der Waals surface area contributed by atoms with Crippen LogP contribution in [0.5, 0.6) is 0 Å². The van der Waals surface area contributed by atoms with Crippen molar-refractivity contribution in [2.75, 3.05) is 5.32 Å². The Kier molecular flexibility index (Phi) is 8.17. The van der Waals surface area contributed by atoms with Crippen molar-refractivity contribution in [3.8, 4) is 44.8 Å². The molecular formula is C58H39N3. The summed E-state index contributed by atoms with van der Waals surface area (Å²) in [6.07, 6.45) is 0. The Morgan fingerprint density at radius 3 is 1.44 bits per heavy atom. The monoisotopic (exact) mass is 777 g/mol. The van der Waals surface area contributed by atoms with Crippen LogP contribution in [0.25, 0.3) is 99.1 Å². The molecule has 2 heterocycles. The molecule has 0 aliphatic rings. The molecule has 286 valence electrons. The third-order valence-electron chi connectivity index (χ3n) is 12.3. The molecule has 3 nitrogen and oxygen atoms in total. The number of nitrogens with zero attached hydrogens (tertiary/aromatic N) is 2. The van der Waals surface area contributed by atoms with Crippen LogP contribution in [0.15, 0.2) is 231 Å². The Labute approximate surface area is 354 Å². The van der Waals surface area contributed by atoms with Gasteiger partial charge in [0.25, 0.3) is 0 Å². The lowest BCUT2D eigenvalue weighted by atomic mass is 9.95. The molecule has 0 radical (unpaired) electrons. The number of benzene rings is 10. The second kappa shape index (κ2) is 14.3. The molecule has 0 aliphatic carbocycles. The first-order valence-corrected chi connectivity index (χ1v) is 20.9. The van der Waals surface area contributed by atoms with E-state index >= 15 is 0 Å². The Balaban J connectivity index is 1.02. The van der Waals surface area contributed by atoms with Gasteiger partial charge in [-0.3, -0.25) is 0 Å². The minimum atomic E-state index is 1.06. The van der Waals surface area contributed by atoms with E-state index in [-0.39, 0.29) is 0 Å². The van der Waals surface area contributed by atoms with Crippen LogP contribution in [-0.2, 0) is 0 Å². The minimum absolute atomic E-state index is 1.06. The third-order valence-corrected chi connectivity index (χ3v) is 12.3. The minimum Gasteiger partial charge on any atom is -0.355 e. The van der Waals surface area contributed by atoms with Crippen molar-refractivity contribution >= 4 is 65.8 Å². The molecule has 12 aromatic rings. The summed E-state index contributed by atoms with van der Waals surface area (Å²) in [5.41, 5.74) is 16.3. The summed E-state index contributed by atoms with van der Waals surface area (Å²) in [7, 11) is 0. The van der Waals surface area contributed by atoms with Gasteiger partial charge >= 0.3 is 0 Å². The Morgan fingerprint density at radius 2 is 0.738 bits per heavy atom. The SMILES string of the molecule is c1ccc(-c2ccc(-n3c4ccccc4c4cc(-c5ccc(Nc6cccc7ccccc67)c(-c6ccc7c(c6)c6ccccc6n7-c6ccccc6)c5)ccc43)cc2)cc1. The molecular weight excluding hydrogens is 739 g/mol. The molecule has 0 bridgehead atoms. The number of hydrogen-bond donors (Lipinski definition) is 1. The summed E-state index contributed by atoms with van der Waals surface area (Å²) in [5, 5.41) is 11.2. The Morgan fingerprint density at radius 1 is 0.262 bits per heavy atom. The zero-order valence-electron chi connectivity index (χ0n) is 33.3. The lowest BCUT2D eigenvalue weighted by molar-refractivity contribution is 1.18. The first kappa shape index (κ1) is 34.9. The van der Waals surface area contributed by atoms with Crippen molar-refractivity contribution < 1.29 is 0 Å². The van der Waals surface area contributed by atoms with E-state index in [4.69, 9.17) is 0 Å². The average Bonchev–Trinajstić information content (AvgIpc) is 3.85. The molecule has 10 aromatic carbocycles. The van der Waals surface area contributed by atoms with Gasteiger partial charge in [0.15, 0.2) is 0 Å². The van der Waals surface area contributed by atoms with E-state index in [9.17, 15) is 0 Å². The van der Waals surface area contributed by atoms with Gasteiger partial charge in [-0.2, -0.15) is 0 Å². The fraction of sp³-hybridized carbons (Fsp3) is 0. The van der Waals surface area contributed by atoms with E-state index in [0.29, 0.717) is 0 Å². The van der Waals surface area contributed by atoms with Gasteiger partial charge in [0.2, 0.25) is 0 Å². The first-order chi connectivity index (χ1) is 30.2. The molecule has 0 fully saturated rings. The van der Waals surface area contributed by atoms with Gasteiger partial charge in [0.05, 0.1) is 22.1 Å². The lowest BCUT2D eigenvalue weighted by Gasteiger charge is -2.17. The van der Waals surface area contributed by atoms with Crippen molar-refractivity contribution in [2.45, 2.75) is 0 Å². The van der Waals surface area contributed by atoms with E-state index < -0.39 is 0 Å². The highest BCUT2D eigenvalue weighted by Gasteiger charge is 2.18. The highest BCUT2D eigenvalue weighted by Crippen LogP contribution is 2.41. The quantitative estimate of drug-likeness (QED) is 0.171. The number of hydrogen-bond acceptors (Lipinski definition) is 1. The predicted octanol–water partition coefficient (Wildman–Crippen LogP) is 15.8. The van der Waals surface area contributed by atoms with Gasteiger partial charge in [-0.05, 0) is 112 Å². The summed E-state index contributed by atoms with van der Waals surface area (Å²) in [5.74, 6) is 0. The van der Waals surface area contributed by atoms with Crippen LogP contribution >= 0.6 is 0 Å². The van der Waals surface area contributed by atoms with Gasteiger partial charge in [-0.15, -0.1) is 0 Å². The van der Waals surface area contributed by atoms with Gasteiger partial charge < -0.3 is 14.5 Å². The van der Waals surface area contributed by atoms with Crippen LogP contribution in [0.4, 0.5) is 11.4 Å². The van der Waals surface area contributed by atoms with Gasteiger partial charge in [-0.1, -0.05) is 152 Å². The van der Waals surface area contributed by atoms with Gasteiger partial charge in [0.1, 0.15) is 0 Å². The van der Waals surface area contributed by atoms with Gasteiger partial charge in [-0.25, -0.2) is 0 Å². The average molecular weight is 778 g/mol. The second-order valence-corrected chi connectivity index (χ2v) is 15.8. The maximum atomic E-state index is 3.89. The van der Waals surface area contributed by atoms with Crippen molar-refractivity contribution in [2.24, 2.45) is 0 Å². The number of para-hydroxylation sites is 3. The maximum Gasteiger partial charge on any atom is 0.0541 e. The Hall–Kier alpha value is -8.14. The molecule has 0 spiro atoms. The van der Waals surface area contributed by atoms with Crippen LogP contribution < -0.4 is 5.32 Å². The first-order valence-electron chi connectivity index (χ1n) is 20.9. The number of anilines is 2. The highest BCUT2D eigenvalue weighted by atomic mass is 15.0. The van der Waals surface area contributed by atoms with Crippen LogP contribution in [0.2, 0.25) is 0 Å². The van der Waals surface area contributed by atoms with E-state index in [1.165, 1.54) is 71.1 Å².